The Kier molecular flexibility index (Phi) is 4.17. The summed E-state index contributed by atoms with van der Waals surface area (Å²) in [5.74, 6) is 0.719. The van der Waals surface area contributed by atoms with Crippen molar-refractivity contribution in [3.8, 4) is 5.75 Å². The molecule has 2 aromatic rings. The quantitative estimate of drug-likeness (QED) is 0.857. The molecule has 21 heavy (non-hydrogen) atoms. The van der Waals surface area contributed by atoms with E-state index in [4.69, 9.17) is 17.0 Å². The Bertz CT molecular complexity index is 816. The van der Waals surface area contributed by atoms with Crippen molar-refractivity contribution in [3.05, 3.63) is 23.0 Å². The molecule has 0 aliphatic rings. The van der Waals surface area contributed by atoms with Crippen LogP contribution in [0.1, 0.15) is 20.8 Å². The molecule has 0 saturated heterocycles. The van der Waals surface area contributed by atoms with Crippen LogP contribution in [0.4, 0.5) is 0 Å². The first-order valence-electron chi connectivity index (χ1n) is 6.71. The predicted octanol–water partition coefficient (Wildman–Crippen LogP) is 2.92. The Morgan fingerprint density at radius 1 is 1.38 bits per heavy atom. The van der Waals surface area contributed by atoms with Gasteiger partial charge in [-0.25, -0.2) is 8.42 Å². The Balaban J connectivity index is 2.59. The first kappa shape index (κ1) is 16.0. The number of para-hydroxylation sites is 1. The number of rotatable bonds is 5. The topological polar surface area (TPSA) is 64.1 Å². The minimum Gasteiger partial charge on any atom is -0.492 e. The number of aromatic nitrogens is 2. The lowest BCUT2D eigenvalue weighted by molar-refractivity contribution is 0.343. The van der Waals surface area contributed by atoms with E-state index < -0.39 is 14.6 Å². The summed E-state index contributed by atoms with van der Waals surface area (Å²) in [5, 5.41) is 0. The van der Waals surface area contributed by atoms with Crippen molar-refractivity contribution in [1.29, 1.82) is 0 Å². The van der Waals surface area contributed by atoms with Gasteiger partial charge in [0.05, 0.1) is 16.9 Å². The van der Waals surface area contributed by atoms with E-state index in [9.17, 15) is 8.42 Å². The number of nitrogens with one attached hydrogen (secondary N) is 1. The summed E-state index contributed by atoms with van der Waals surface area (Å²) in [4.78, 5) is 3.11. The highest BCUT2D eigenvalue weighted by Gasteiger charge is 2.31. The number of ether oxygens (including phenoxy) is 1. The highest BCUT2D eigenvalue weighted by atomic mass is 32.2. The molecule has 116 valence electrons. The fourth-order valence-electron chi connectivity index (χ4n) is 2.08. The molecule has 1 aromatic carbocycles. The molecule has 0 amide bonds. The molecular weight excluding hydrogens is 308 g/mol. The van der Waals surface area contributed by atoms with E-state index in [0.717, 1.165) is 16.8 Å². The third-order valence-corrected chi connectivity index (χ3v) is 6.07. The molecule has 5 nitrogen and oxygen atoms in total. The standard InChI is InChI=1S/C14H20N2O3S2/c1-5-19-11-8-6-7-10-12(11)15-13(20)16(10)9-14(2,3)21(4,17)18/h6-8H,5,9H2,1-4H3,(H,15,20). The number of imidazole rings is 1. The number of hydrogen-bond acceptors (Lipinski definition) is 4. The zero-order chi connectivity index (χ0) is 15.8. The summed E-state index contributed by atoms with van der Waals surface area (Å²) < 4.78 is 30.8. The Labute approximate surface area is 129 Å². The van der Waals surface area contributed by atoms with Crippen LogP contribution >= 0.6 is 12.2 Å². The fourth-order valence-corrected chi connectivity index (χ4v) is 2.71. The molecule has 0 atom stereocenters. The maximum Gasteiger partial charge on any atom is 0.178 e. The summed E-state index contributed by atoms with van der Waals surface area (Å²) in [6.07, 6.45) is 1.25. The molecule has 0 radical (unpaired) electrons. The number of hydrogen-bond donors (Lipinski definition) is 1. The van der Waals surface area contributed by atoms with Crippen molar-refractivity contribution in [1.82, 2.24) is 9.55 Å². The van der Waals surface area contributed by atoms with Crippen molar-refractivity contribution < 1.29 is 13.2 Å². The van der Waals surface area contributed by atoms with E-state index in [1.807, 2.05) is 29.7 Å². The monoisotopic (exact) mass is 328 g/mol. The lowest BCUT2D eigenvalue weighted by atomic mass is 10.2. The van der Waals surface area contributed by atoms with Crippen LogP contribution in [0.15, 0.2) is 18.2 Å². The molecule has 0 saturated carbocycles. The van der Waals surface area contributed by atoms with Gasteiger partial charge in [-0.2, -0.15) is 0 Å². The lowest BCUT2D eigenvalue weighted by Crippen LogP contribution is -2.35. The second kappa shape index (κ2) is 5.46. The first-order valence-corrected chi connectivity index (χ1v) is 9.01. The van der Waals surface area contributed by atoms with Crippen molar-refractivity contribution in [2.24, 2.45) is 0 Å². The van der Waals surface area contributed by atoms with E-state index in [2.05, 4.69) is 4.98 Å². The van der Waals surface area contributed by atoms with Crippen LogP contribution in [0.5, 0.6) is 5.75 Å². The van der Waals surface area contributed by atoms with E-state index in [-0.39, 0.29) is 0 Å². The highest BCUT2D eigenvalue weighted by Crippen LogP contribution is 2.27. The van der Waals surface area contributed by atoms with Gasteiger partial charge in [-0.1, -0.05) is 6.07 Å². The van der Waals surface area contributed by atoms with Crippen LogP contribution in [-0.4, -0.2) is 35.6 Å². The third kappa shape index (κ3) is 2.98. The van der Waals surface area contributed by atoms with Crippen molar-refractivity contribution in [2.75, 3.05) is 12.9 Å². The van der Waals surface area contributed by atoms with E-state index in [1.54, 1.807) is 13.8 Å². The molecule has 1 N–H and O–H groups in total. The second-order valence-corrected chi connectivity index (χ2v) is 8.67. The fraction of sp³-hybridized carbons (Fsp3) is 0.500. The Morgan fingerprint density at radius 3 is 2.62 bits per heavy atom. The number of nitrogens with zero attached hydrogens (tertiary/aromatic N) is 1. The zero-order valence-electron chi connectivity index (χ0n) is 12.6. The molecule has 0 aliphatic carbocycles. The maximum absolute atomic E-state index is 11.9. The van der Waals surface area contributed by atoms with Gasteiger partial charge in [0.2, 0.25) is 0 Å². The minimum absolute atomic E-state index is 0.292. The van der Waals surface area contributed by atoms with Gasteiger partial charge < -0.3 is 14.3 Å². The van der Waals surface area contributed by atoms with E-state index >= 15 is 0 Å². The van der Waals surface area contributed by atoms with Crippen LogP contribution in [0.25, 0.3) is 11.0 Å². The Morgan fingerprint density at radius 2 is 2.05 bits per heavy atom. The molecule has 2 rings (SSSR count). The summed E-state index contributed by atoms with van der Waals surface area (Å²) in [6, 6.07) is 5.64. The highest BCUT2D eigenvalue weighted by molar-refractivity contribution is 7.92. The summed E-state index contributed by atoms with van der Waals surface area (Å²) >= 11 is 5.34. The van der Waals surface area contributed by atoms with Gasteiger partial charge in [-0.05, 0) is 45.1 Å². The van der Waals surface area contributed by atoms with Crippen molar-refractivity contribution in [2.45, 2.75) is 32.1 Å². The van der Waals surface area contributed by atoms with Gasteiger partial charge in [0.1, 0.15) is 11.3 Å². The molecular formula is C14H20N2O3S2. The molecule has 0 spiro atoms. The van der Waals surface area contributed by atoms with E-state index in [0.29, 0.717) is 17.9 Å². The largest absolute Gasteiger partial charge is 0.492 e. The lowest BCUT2D eigenvalue weighted by Gasteiger charge is -2.23. The number of aromatic amines is 1. The second-order valence-electron chi connectivity index (χ2n) is 5.63. The van der Waals surface area contributed by atoms with Gasteiger partial charge in [-0.3, -0.25) is 0 Å². The van der Waals surface area contributed by atoms with Crippen LogP contribution in [0.3, 0.4) is 0 Å². The SMILES string of the molecule is CCOc1cccc2c1[nH]c(=S)n2CC(C)(C)S(C)(=O)=O. The molecule has 0 bridgehead atoms. The van der Waals surface area contributed by atoms with Gasteiger partial charge in [0.25, 0.3) is 0 Å². The molecule has 1 aromatic heterocycles. The summed E-state index contributed by atoms with van der Waals surface area (Å²) in [5.41, 5.74) is 1.65. The average Bonchev–Trinajstić information content (AvgIpc) is 2.66. The van der Waals surface area contributed by atoms with Crippen molar-refractivity contribution >= 4 is 33.1 Å². The molecule has 0 aliphatic heterocycles. The van der Waals surface area contributed by atoms with Gasteiger partial charge >= 0.3 is 0 Å². The summed E-state index contributed by atoms with van der Waals surface area (Å²) in [7, 11) is -3.20. The number of benzene rings is 1. The normalized spacial score (nSPS) is 12.8. The van der Waals surface area contributed by atoms with Gasteiger partial charge in [0, 0.05) is 12.8 Å². The van der Waals surface area contributed by atoms with Gasteiger partial charge in [-0.15, -0.1) is 0 Å². The first-order chi connectivity index (χ1) is 9.67. The van der Waals surface area contributed by atoms with Crippen molar-refractivity contribution in [3.63, 3.8) is 0 Å². The maximum atomic E-state index is 11.9. The predicted molar refractivity (Wildman–Crippen MR) is 87.2 cm³/mol. The van der Waals surface area contributed by atoms with Crippen LogP contribution in [0.2, 0.25) is 0 Å². The minimum atomic E-state index is -3.20. The van der Waals surface area contributed by atoms with Crippen LogP contribution in [-0.2, 0) is 16.4 Å². The number of H-pyrrole nitrogens is 1. The number of sulfone groups is 1. The summed E-state index contributed by atoms with van der Waals surface area (Å²) in [6.45, 7) is 6.17. The van der Waals surface area contributed by atoms with Crippen LogP contribution < -0.4 is 4.74 Å². The van der Waals surface area contributed by atoms with E-state index in [1.165, 1.54) is 6.26 Å². The van der Waals surface area contributed by atoms with Crippen LogP contribution in [0, 0.1) is 4.77 Å². The molecule has 1 heterocycles. The smallest absolute Gasteiger partial charge is 0.178 e. The Hall–Kier alpha value is -1.34. The average molecular weight is 328 g/mol. The zero-order valence-corrected chi connectivity index (χ0v) is 14.3. The molecule has 0 fully saturated rings. The number of fused-ring (bicyclic) bond motifs is 1. The molecule has 7 heteroatoms. The third-order valence-electron chi connectivity index (χ3n) is 3.61. The molecule has 0 unspecified atom stereocenters. The van der Waals surface area contributed by atoms with Gasteiger partial charge in [0.15, 0.2) is 14.6 Å².